The number of hydrogen-bond donors (Lipinski definition) is 1. The Bertz CT molecular complexity index is 1250. The number of carbonyl (C=O) groups is 2. The van der Waals surface area contributed by atoms with Crippen molar-refractivity contribution in [2.24, 2.45) is 0 Å². The summed E-state index contributed by atoms with van der Waals surface area (Å²) < 4.78 is 80.7. The van der Waals surface area contributed by atoms with Crippen LogP contribution in [-0.2, 0) is 27.5 Å². The van der Waals surface area contributed by atoms with Crippen molar-refractivity contribution in [2.45, 2.75) is 88.8 Å². The molecule has 1 heterocycles. The van der Waals surface area contributed by atoms with Gasteiger partial charge in [-0.1, -0.05) is 30.3 Å². The van der Waals surface area contributed by atoms with E-state index in [1.165, 1.54) is 6.92 Å². The van der Waals surface area contributed by atoms with Crippen LogP contribution in [0.4, 0.5) is 26.3 Å². The Morgan fingerprint density at radius 2 is 1.45 bits per heavy atom. The molecule has 2 fully saturated rings. The van der Waals surface area contributed by atoms with Gasteiger partial charge in [-0.25, -0.2) is 0 Å². The maximum Gasteiger partial charge on any atom is 0.416 e. The van der Waals surface area contributed by atoms with Crippen LogP contribution in [0.25, 0.3) is 0 Å². The minimum atomic E-state index is -5.00. The average Bonchev–Trinajstić information content (AvgIpc) is 2.91. The summed E-state index contributed by atoms with van der Waals surface area (Å²) in [5.41, 5.74) is -3.56. The second-order valence-corrected chi connectivity index (χ2v) is 12.4. The van der Waals surface area contributed by atoms with Gasteiger partial charge in [-0.05, 0) is 82.7 Å². The molecule has 1 N–H and O–H groups in total. The molecule has 0 spiro atoms. The molecule has 2 aromatic rings. The molecule has 1 saturated heterocycles. The Balaban J connectivity index is 1.55. The fourth-order valence-electron chi connectivity index (χ4n) is 6.14. The molecule has 0 aromatic heterocycles. The maximum atomic E-state index is 13.5. The van der Waals surface area contributed by atoms with E-state index >= 15 is 0 Å². The van der Waals surface area contributed by atoms with Gasteiger partial charge in [-0.3, -0.25) is 14.5 Å². The van der Waals surface area contributed by atoms with Crippen molar-refractivity contribution in [1.82, 2.24) is 15.1 Å². The summed E-state index contributed by atoms with van der Waals surface area (Å²) in [5, 5.41) is 3.03. The first-order valence-electron chi connectivity index (χ1n) is 14.1. The summed E-state index contributed by atoms with van der Waals surface area (Å²) in [6.07, 6.45) is -7.68. The van der Waals surface area contributed by atoms with E-state index in [1.807, 2.05) is 56.0 Å². The van der Waals surface area contributed by atoms with Crippen LogP contribution >= 0.6 is 0 Å². The highest BCUT2D eigenvalue weighted by Gasteiger charge is 2.43. The summed E-state index contributed by atoms with van der Waals surface area (Å²) in [6.45, 7) is 8.98. The van der Waals surface area contributed by atoms with E-state index in [2.05, 4.69) is 10.2 Å². The third kappa shape index (κ3) is 6.93. The Morgan fingerprint density at radius 3 is 1.93 bits per heavy atom. The lowest BCUT2D eigenvalue weighted by molar-refractivity contribution is -0.144. The van der Waals surface area contributed by atoms with Crippen LogP contribution in [0, 0.1) is 0 Å². The van der Waals surface area contributed by atoms with Gasteiger partial charge in [0.05, 0.1) is 29.1 Å². The maximum absolute atomic E-state index is 13.5. The Hall–Kier alpha value is -3.08. The van der Waals surface area contributed by atoms with E-state index in [4.69, 9.17) is 0 Å². The van der Waals surface area contributed by atoms with Gasteiger partial charge in [0.1, 0.15) is 0 Å². The van der Waals surface area contributed by atoms with Crippen molar-refractivity contribution < 1.29 is 35.9 Å². The van der Waals surface area contributed by atoms with Crippen LogP contribution < -0.4 is 5.32 Å². The smallest absolute Gasteiger partial charge is 0.346 e. The zero-order valence-electron chi connectivity index (χ0n) is 24.2. The highest BCUT2D eigenvalue weighted by molar-refractivity contribution is 5.84. The van der Waals surface area contributed by atoms with Crippen LogP contribution in [-0.4, -0.2) is 52.8 Å². The number of amides is 2. The van der Waals surface area contributed by atoms with Gasteiger partial charge in [0.25, 0.3) is 0 Å². The average molecular weight is 598 g/mol. The van der Waals surface area contributed by atoms with Crippen LogP contribution in [0.3, 0.4) is 0 Å². The minimum absolute atomic E-state index is 0.0624. The summed E-state index contributed by atoms with van der Waals surface area (Å²) in [4.78, 5) is 30.4. The predicted molar refractivity (Wildman–Crippen MR) is 146 cm³/mol. The zero-order chi connectivity index (χ0) is 31.1. The van der Waals surface area contributed by atoms with Crippen LogP contribution in [0.1, 0.15) is 81.5 Å². The van der Waals surface area contributed by atoms with Gasteiger partial charge in [0.2, 0.25) is 11.8 Å². The lowest BCUT2D eigenvalue weighted by Gasteiger charge is -2.48. The van der Waals surface area contributed by atoms with E-state index in [9.17, 15) is 35.9 Å². The van der Waals surface area contributed by atoms with Crippen LogP contribution in [0.2, 0.25) is 0 Å². The molecule has 42 heavy (non-hydrogen) atoms. The molecule has 4 rings (SSSR count). The van der Waals surface area contributed by atoms with Crippen LogP contribution in [0.5, 0.6) is 0 Å². The van der Waals surface area contributed by atoms with E-state index in [-0.39, 0.29) is 29.1 Å². The van der Waals surface area contributed by atoms with Gasteiger partial charge in [0.15, 0.2) is 0 Å². The van der Waals surface area contributed by atoms with Gasteiger partial charge in [-0.2, -0.15) is 26.3 Å². The van der Waals surface area contributed by atoms with Gasteiger partial charge in [-0.15, -0.1) is 0 Å². The highest BCUT2D eigenvalue weighted by atomic mass is 19.4. The molecule has 5 nitrogen and oxygen atoms in total. The number of carbonyl (C=O) groups excluding carboxylic acids is 2. The molecular formula is C31H37F6N3O2. The molecular weight excluding hydrogens is 560 g/mol. The highest BCUT2D eigenvalue weighted by Crippen LogP contribution is 2.41. The molecule has 2 aliphatic rings. The monoisotopic (exact) mass is 597 g/mol. The van der Waals surface area contributed by atoms with E-state index < -0.39 is 40.8 Å². The first-order valence-corrected chi connectivity index (χ1v) is 14.1. The lowest BCUT2D eigenvalue weighted by Crippen LogP contribution is -2.60. The van der Waals surface area contributed by atoms with Crippen molar-refractivity contribution in [1.29, 1.82) is 0 Å². The van der Waals surface area contributed by atoms with Crippen molar-refractivity contribution in [3.05, 3.63) is 70.8 Å². The van der Waals surface area contributed by atoms with Crippen molar-refractivity contribution in [3.8, 4) is 0 Å². The standard InChI is InChI=1S/C31H37F6N3O2/c1-20(21-16-23(30(32,33)34)18-24(17-21)31(35,36)37)27(42)38-29(22-8-6-5-7-9-22)12-10-25(11-13-29)39-14-15-40(26(41)19-39)28(2,3)4/h5-9,16-18,20,25H,10-15,19H2,1-4H3,(H,38,42). The number of nitrogens with one attached hydrogen (secondary N) is 1. The molecule has 1 aliphatic heterocycles. The SMILES string of the molecule is CC(C(=O)NC1(c2ccccc2)CCC(N2CCN(C(C)(C)C)C(=O)C2)CC1)c1cc(C(F)(F)F)cc(C(F)(F)F)c1. The van der Waals surface area contributed by atoms with Gasteiger partial charge >= 0.3 is 12.4 Å². The first kappa shape index (κ1) is 31.8. The number of benzene rings is 2. The second-order valence-electron chi connectivity index (χ2n) is 12.4. The Morgan fingerprint density at radius 1 is 0.905 bits per heavy atom. The normalized spacial score (nSPS) is 23.5. The molecule has 0 radical (unpaired) electrons. The number of alkyl halides is 6. The molecule has 230 valence electrons. The third-order valence-electron chi connectivity index (χ3n) is 8.58. The summed E-state index contributed by atoms with van der Waals surface area (Å²) in [5.74, 6) is -1.86. The predicted octanol–water partition coefficient (Wildman–Crippen LogP) is 6.72. The number of hydrogen-bond acceptors (Lipinski definition) is 3. The second kappa shape index (κ2) is 11.5. The number of piperazine rings is 1. The molecule has 1 saturated carbocycles. The Kier molecular flexibility index (Phi) is 8.75. The number of nitrogens with zero attached hydrogens (tertiary/aromatic N) is 2. The molecule has 1 unspecified atom stereocenters. The summed E-state index contributed by atoms with van der Waals surface area (Å²) >= 11 is 0. The van der Waals surface area contributed by atoms with Crippen molar-refractivity contribution in [2.75, 3.05) is 19.6 Å². The van der Waals surface area contributed by atoms with E-state index in [0.717, 1.165) is 12.1 Å². The largest absolute Gasteiger partial charge is 0.416 e. The minimum Gasteiger partial charge on any atom is -0.346 e. The van der Waals surface area contributed by atoms with E-state index in [0.29, 0.717) is 50.9 Å². The zero-order valence-corrected chi connectivity index (χ0v) is 24.2. The quantitative estimate of drug-likeness (QED) is 0.389. The van der Waals surface area contributed by atoms with Crippen molar-refractivity contribution in [3.63, 3.8) is 0 Å². The Labute approximate surface area is 242 Å². The topological polar surface area (TPSA) is 52.7 Å². The fraction of sp³-hybridized carbons (Fsp3) is 0.548. The molecule has 2 aromatic carbocycles. The fourth-order valence-corrected chi connectivity index (χ4v) is 6.14. The lowest BCUT2D eigenvalue weighted by atomic mass is 9.74. The molecule has 2 amide bonds. The molecule has 1 aliphatic carbocycles. The number of halogens is 6. The first-order chi connectivity index (χ1) is 19.4. The molecule has 11 heteroatoms. The van der Waals surface area contributed by atoms with Gasteiger partial charge < -0.3 is 10.2 Å². The summed E-state index contributed by atoms with van der Waals surface area (Å²) in [6, 6.07) is 10.6. The molecule has 1 atom stereocenters. The molecule has 0 bridgehead atoms. The van der Waals surface area contributed by atoms with E-state index in [1.54, 1.807) is 0 Å². The number of rotatable bonds is 5. The van der Waals surface area contributed by atoms with Crippen LogP contribution in [0.15, 0.2) is 48.5 Å². The van der Waals surface area contributed by atoms with Crippen molar-refractivity contribution >= 4 is 11.8 Å². The summed E-state index contributed by atoms with van der Waals surface area (Å²) in [7, 11) is 0. The van der Waals surface area contributed by atoms with Gasteiger partial charge in [0, 0.05) is 24.7 Å². The third-order valence-corrected chi connectivity index (χ3v) is 8.58.